The minimum atomic E-state index is -0.966. The average Bonchev–Trinajstić information content (AvgIpc) is 3.36. The van der Waals surface area contributed by atoms with Crippen molar-refractivity contribution in [3.05, 3.63) is 75.8 Å². The molecule has 7 heteroatoms. The van der Waals surface area contributed by atoms with E-state index in [2.05, 4.69) is 13.8 Å². The van der Waals surface area contributed by atoms with Gasteiger partial charge in [0.05, 0.1) is 6.10 Å². The fourth-order valence-corrected chi connectivity index (χ4v) is 6.43. The molecule has 1 fully saturated rings. The third kappa shape index (κ3) is 4.45. The highest BCUT2D eigenvalue weighted by Crippen LogP contribution is 2.51. The zero-order chi connectivity index (χ0) is 25.4. The fourth-order valence-electron chi connectivity index (χ4n) is 6.43. The second kappa shape index (κ2) is 10.3. The number of hydrogen-bond acceptors (Lipinski definition) is 6. The third-order valence-corrected chi connectivity index (χ3v) is 8.16. The van der Waals surface area contributed by atoms with Crippen molar-refractivity contribution in [2.24, 2.45) is 17.8 Å². The first-order valence-electron chi connectivity index (χ1n) is 13.1. The van der Waals surface area contributed by atoms with Crippen LogP contribution in [0.15, 0.2) is 57.5 Å². The van der Waals surface area contributed by atoms with Crippen molar-refractivity contribution in [2.75, 3.05) is 0 Å². The van der Waals surface area contributed by atoms with E-state index in [4.69, 9.17) is 9.07 Å². The Balaban J connectivity index is 1.44. The molecule has 0 spiro atoms. The van der Waals surface area contributed by atoms with Crippen molar-refractivity contribution in [3.63, 3.8) is 0 Å². The molecule has 188 valence electrons. The zero-order valence-corrected chi connectivity index (χ0v) is 20.9. The number of carbonyl (C=O) groups is 2. The lowest BCUT2D eigenvalue weighted by Crippen LogP contribution is -2.50. The molecule has 0 saturated carbocycles. The summed E-state index contributed by atoms with van der Waals surface area (Å²) in [7, 11) is -0.966. The number of aliphatic hydroxyl groups excluding tert-OH is 1. The van der Waals surface area contributed by atoms with Crippen LogP contribution in [0.5, 0.6) is 0 Å². The predicted molar refractivity (Wildman–Crippen MR) is 137 cm³/mol. The molecule has 2 heterocycles. The van der Waals surface area contributed by atoms with Gasteiger partial charge < -0.3 is 19.2 Å². The Morgan fingerprint density at radius 1 is 1.08 bits per heavy atom. The lowest BCUT2D eigenvalue weighted by atomic mass is 9.54. The monoisotopic (exact) mass is 488 g/mol. The number of rotatable bonds is 7. The van der Waals surface area contributed by atoms with Crippen molar-refractivity contribution in [1.29, 1.82) is 0 Å². The fraction of sp³-hybridized carbons (Fsp3) is 0.448. The van der Waals surface area contributed by atoms with Crippen molar-refractivity contribution >= 4 is 24.8 Å². The summed E-state index contributed by atoms with van der Waals surface area (Å²) >= 11 is 0. The molecule has 6 nitrogen and oxygen atoms in total. The van der Waals surface area contributed by atoms with E-state index < -0.39 is 13.0 Å². The second-order valence-corrected chi connectivity index (χ2v) is 10.1. The Labute approximate surface area is 212 Å². The van der Waals surface area contributed by atoms with Gasteiger partial charge in [0.1, 0.15) is 18.1 Å². The maximum atomic E-state index is 13.7. The van der Waals surface area contributed by atoms with Crippen LogP contribution in [0, 0.1) is 17.8 Å². The molecule has 1 aromatic carbocycles. The molecule has 2 N–H and O–H groups in total. The van der Waals surface area contributed by atoms with Crippen LogP contribution >= 0.6 is 0 Å². The number of benzene rings is 1. The molecular weight excluding hydrogens is 455 g/mol. The van der Waals surface area contributed by atoms with Gasteiger partial charge in [-0.05, 0) is 68.1 Å². The van der Waals surface area contributed by atoms with Gasteiger partial charge in [-0.15, -0.1) is 0 Å². The number of furan rings is 1. The molecule has 3 aliphatic rings. The highest BCUT2D eigenvalue weighted by Gasteiger charge is 2.53. The summed E-state index contributed by atoms with van der Waals surface area (Å²) in [5.74, 6) is 0.302. The van der Waals surface area contributed by atoms with Gasteiger partial charge in [-0.1, -0.05) is 49.3 Å². The Morgan fingerprint density at radius 3 is 2.50 bits per heavy atom. The number of ketones is 2. The van der Waals surface area contributed by atoms with E-state index in [1.165, 1.54) is 11.1 Å². The van der Waals surface area contributed by atoms with Crippen LogP contribution in [-0.4, -0.2) is 34.9 Å². The van der Waals surface area contributed by atoms with E-state index in [1.807, 2.05) is 24.3 Å². The number of carbonyl (C=O) groups excluding carboxylic acids is 2. The quantitative estimate of drug-likeness (QED) is 0.408. The van der Waals surface area contributed by atoms with Gasteiger partial charge in [-0.3, -0.25) is 9.59 Å². The largest absolute Gasteiger partial charge is 0.459 e. The molecule has 0 radical (unpaired) electrons. The standard InChI is InChI=1S/C29H33BO6/c1-3-17(13-19-10-11-20(16-31)35-19)9-12-25-26-18(4-2)14-23-27(24(26)15-30(34)36-25)29(33)22-8-6-5-7-21(22)28(23)32/h5-8,10-11,13,23-25,27,31,34H,3-4,9,12,14-16H2,1-2H3/b17-13+/t23-,24+,25-,27-/m1/s1. The van der Waals surface area contributed by atoms with E-state index in [1.54, 1.807) is 18.2 Å². The van der Waals surface area contributed by atoms with Crippen molar-refractivity contribution in [2.45, 2.75) is 65.0 Å². The highest BCUT2D eigenvalue weighted by atomic mass is 16.5. The van der Waals surface area contributed by atoms with Gasteiger partial charge in [0.25, 0.3) is 0 Å². The number of Topliss-reactive ketones (excluding diaryl/α,β-unsaturated/α-hetero) is 2. The average molecular weight is 488 g/mol. The molecule has 0 amide bonds. The first-order chi connectivity index (χ1) is 17.4. The highest BCUT2D eigenvalue weighted by molar-refractivity contribution is 6.43. The predicted octanol–water partition coefficient (Wildman–Crippen LogP) is 5.26. The summed E-state index contributed by atoms with van der Waals surface area (Å²) in [5.41, 5.74) is 4.54. The number of hydrogen-bond donors (Lipinski definition) is 2. The normalized spacial score (nSPS) is 26.1. The number of aliphatic hydroxyl groups is 1. The first-order valence-corrected chi connectivity index (χ1v) is 13.1. The lowest BCUT2D eigenvalue weighted by molar-refractivity contribution is 0.0599. The number of allylic oxidation sites excluding steroid dienone is 2. The van der Waals surface area contributed by atoms with Crippen molar-refractivity contribution < 1.29 is 28.8 Å². The molecule has 2 aliphatic carbocycles. The SMILES string of the molecule is CCC1=C2[C@@H](CC/C(=C/c3ccc(CO)o3)CC)OB(O)C[C@@H]2[C@@H]2C(=O)c3ccccc3C(=O)[C@@H]2C1. The van der Waals surface area contributed by atoms with Crippen LogP contribution in [-0.2, 0) is 11.3 Å². The number of fused-ring (bicyclic) bond motifs is 4. The summed E-state index contributed by atoms with van der Waals surface area (Å²) in [4.78, 5) is 27.1. The summed E-state index contributed by atoms with van der Waals surface area (Å²) in [6.45, 7) is 4.05. The summed E-state index contributed by atoms with van der Waals surface area (Å²) < 4.78 is 11.7. The van der Waals surface area contributed by atoms with Crippen LogP contribution in [0.25, 0.3) is 6.08 Å². The minimum absolute atomic E-state index is 0.0207. The third-order valence-electron chi connectivity index (χ3n) is 8.16. The Bertz CT molecular complexity index is 1220. The van der Waals surface area contributed by atoms with Crippen LogP contribution in [0.4, 0.5) is 0 Å². The summed E-state index contributed by atoms with van der Waals surface area (Å²) in [6.07, 6.45) is 5.68. The first kappa shape index (κ1) is 24.9. The molecule has 0 unspecified atom stereocenters. The second-order valence-electron chi connectivity index (χ2n) is 10.1. The minimum Gasteiger partial charge on any atom is -0.459 e. The van der Waals surface area contributed by atoms with E-state index in [9.17, 15) is 19.7 Å². The van der Waals surface area contributed by atoms with E-state index in [0.29, 0.717) is 41.8 Å². The smallest absolute Gasteiger partial charge is 0.455 e. The lowest BCUT2D eigenvalue weighted by Gasteiger charge is -2.47. The molecule has 1 aromatic heterocycles. The van der Waals surface area contributed by atoms with E-state index >= 15 is 0 Å². The Hall–Kier alpha value is -2.74. The summed E-state index contributed by atoms with van der Waals surface area (Å²) in [6, 6.07) is 10.8. The van der Waals surface area contributed by atoms with Gasteiger partial charge in [-0.2, -0.15) is 0 Å². The molecular formula is C29H33BO6. The maximum absolute atomic E-state index is 13.7. The van der Waals surface area contributed by atoms with Gasteiger partial charge in [0.15, 0.2) is 11.6 Å². The zero-order valence-electron chi connectivity index (χ0n) is 20.9. The van der Waals surface area contributed by atoms with Crippen molar-refractivity contribution in [3.8, 4) is 0 Å². The molecule has 36 heavy (non-hydrogen) atoms. The molecule has 1 saturated heterocycles. The van der Waals surface area contributed by atoms with E-state index in [-0.39, 0.29) is 36.1 Å². The summed E-state index contributed by atoms with van der Waals surface area (Å²) in [5, 5.41) is 20.0. The van der Waals surface area contributed by atoms with Crippen LogP contribution < -0.4 is 0 Å². The van der Waals surface area contributed by atoms with Gasteiger partial charge >= 0.3 is 7.12 Å². The Kier molecular flexibility index (Phi) is 7.15. The van der Waals surface area contributed by atoms with Gasteiger partial charge in [0, 0.05) is 23.0 Å². The van der Waals surface area contributed by atoms with Gasteiger partial charge in [-0.25, -0.2) is 0 Å². The molecule has 5 rings (SSSR count). The molecule has 4 atom stereocenters. The topological polar surface area (TPSA) is 97.0 Å². The van der Waals surface area contributed by atoms with Crippen molar-refractivity contribution in [1.82, 2.24) is 0 Å². The molecule has 1 aliphatic heterocycles. The molecule has 0 bridgehead atoms. The Morgan fingerprint density at radius 2 is 1.83 bits per heavy atom. The maximum Gasteiger partial charge on any atom is 0.455 e. The van der Waals surface area contributed by atoms with Gasteiger partial charge in [0.2, 0.25) is 0 Å². The van der Waals surface area contributed by atoms with E-state index in [0.717, 1.165) is 24.8 Å². The van der Waals surface area contributed by atoms with Crippen LogP contribution in [0.1, 0.15) is 78.2 Å². The van der Waals surface area contributed by atoms with Crippen LogP contribution in [0.2, 0.25) is 6.32 Å². The molecule has 2 aromatic rings. The van der Waals surface area contributed by atoms with Crippen LogP contribution in [0.3, 0.4) is 0 Å².